The van der Waals surface area contributed by atoms with E-state index in [1.165, 1.54) is 29.2 Å². The van der Waals surface area contributed by atoms with E-state index in [0.29, 0.717) is 39.3 Å². The first-order chi connectivity index (χ1) is 13.7. The van der Waals surface area contributed by atoms with Crippen LogP contribution in [0.25, 0.3) is 10.9 Å². The topological polar surface area (TPSA) is 82.8 Å². The second kappa shape index (κ2) is 8.16. The van der Waals surface area contributed by atoms with E-state index in [4.69, 9.17) is 9.57 Å². The molecule has 0 amide bonds. The number of fused-ring (bicyclic) bond motifs is 1. The number of benzene rings is 1. The van der Waals surface area contributed by atoms with Crippen LogP contribution < -0.4 is 0 Å². The third kappa shape index (κ3) is 4.37. The van der Waals surface area contributed by atoms with Gasteiger partial charge in [0.1, 0.15) is 18.4 Å². The van der Waals surface area contributed by atoms with Crippen molar-refractivity contribution in [2.45, 2.75) is 39.7 Å². The molecule has 152 valence electrons. The fraction of sp³-hybridized carbons (Fsp3) is 0.333. The number of ether oxygens (including phenoxy) is 1. The fourth-order valence-electron chi connectivity index (χ4n) is 2.85. The van der Waals surface area contributed by atoms with Crippen LogP contribution in [-0.4, -0.2) is 39.9 Å². The molecule has 2 heterocycles. The van der Waals surface area contributed by atoms with Gasteiger partial charge in [0.15, 0.2) is 5.01 Å². The van der Waals surface area contributed by atoms with Crippen LogP contribution in [0, 0.1) is 0 Å². The molecule has 0 atom stereocenters. The normalized spacial score (nSPS) is 12.2. The van der Waals surface area contributed by atoms with Gasteiger partial charge in [0.2, 0.25) is 5.78 Å². The zero-order valence-corrected chi connectivity index (χ0v) is 17.9. The van der Waals surface area contributed by atoms with Crippen molar-refractivity contribution in [3.8, 4) is 0 Å². The summed E-state index contributed by atoms with van der Waals surface area (Å²) in [5, 5.41) is 6.72. The Morgan fingerprint density at radius 3 is 2.62 bits per heavy atom. The van der Waals surface area contributed by atoms with E-state index in [2.05, 4.69) is 10.1 Å². The number of nitrogens with zero attached hydrogens (tertiary/aromatic N) is 3. The summed E-state index contributed by atoms with van der Waals surface area (Å²) in [5.41, 5.74) is 1.64. The Balaban J connectivity index is 2.02. The summed E-state index contributed by atoms with van der Waals surface area (Å²) in [6.45, 7) is 7.33. The van der Waals surface area contributed by atoms with Crippen LogP contribution in [0.5, 0.6) is 0 Å². The first-order valence-electron chi connectivity index (χ1n) is 9.19. The quantitative estimate of drug-likeness (QED) is 0.338. The molecule has 0 unspecified atom stereocenters. The summed E-state index contributed by atoms with van der Waals surface area (Å²) < 4.78 is 6.85. The van der Waals surface area contributed by atoms with E-state index in [1.807, 2.05) is 25.1 Å². The predicted molar refractivity (Wildman–Crippen MR) is 113 cm³/mol. The molecular formula is C21H23N3O4S. The third-order valence-electron chi connectivity index (χ3n) is 4.08. The molecule has 0 aliphatic rings. The van der Waals surface area contributed by atoms with E-state index < -0.39 is 11.7 Å². The Kier molecular flexibility index (Phi) is 5.83. The van der Waals surface area contributed by atoms with E-state index >= 15 is 0 Å². The van der Waals surface area contributed by atoms with Crippen LogP contribution in [0.4, 0.5) is 4.79 Å². The molecule has 3 rings (SSSR count). The number of hydrogen-bond donors (Lipinski definition) is 0. The van der Waals surface area contributed by atoms with Crippen molar-refractivity contribution in [1.29, 1.82) is 0 Å². The molecule has 1 aromatic carbocycles. The van der Waals surface area contributed by atoms with Gasteiger partial charge in [-0.05, 0) is 33.3 Å². The number of rotatable bonds is 5. The van der Waals surface area contributed by atoms with Crippen LogP contribution >= 0.6 is 11.3 Å². The largest absolute Gasteiger partial charge is 0.443 e. The standard InChI is InChI=1S/C21H23N3O4S/c1-6-15(23-27-5)16-12-29-19(22-16)18(25)14-11-24(20(26)28-21(2,3)4)17-10-8-7-9-13(14)17/h7-12H,6H2,1-5H3/b23-15+. The second-order valence-corrected chi connectivity index (χ2v) is 8.21. The number of thiazole rings is 1. The summed E-state index contributed by atoms with van der Waals surface area (Å²) in [6, 6.07) is 7.23. The average Bonchev–Trinajstić information content (AvgIpc) is 3.29. The van der Waals surface area contributed by atoms with Gasteiger partial charge in [-0.2, -0.15) is 0 Å². The lowest BCUT2D eigenvalue weighted by Gasteiger charge is -2.19. The third-order valence-corrected chi connectivity index (χ3v) is 4.92. The summed E-state index contributed by atoms with van der Waals surface area (Å²) in [5.74, 6) is -0.257. The Labute approximate surface area is 172 Å². The molecule has 3 aromatic rings. The van der Waals surface area contributed by atoms with E-state index in [1.54, 1.807) is 32.2 Å². The van der Waals surface area contributed by atoms with Crippen LogP contribution in [0.2, 0.25) is 0 Å². The molecule has 0 saturated carbocycles. The van der Waals surface area contributed by atoms with Crippen molar-refractivity contribution in [3.05, 3.63) is 52.1 Å². The molecule has 0 fully saturated rings. The zero-order valence-electron chi connectivity index (χ0n) is 17.1. The molecule has 0 aliphatic heterocycles. The van der Waals surface area contributed by atoms with Crippen molar-refractivity contribution >= 4 is 39.8 Å². The summed E-state index contributed by atoms with van der Waals surface area (Å²) in [7, 11) is 1.47. The smallest absolute Gasteiger partial charge is 0.419 e. The van der Waals surface area contributed by atoms with E-state index in [-0.39, 0.29) is 5.78 Å². The number of oxime groups is 1. The highest BCUT2D eigenvalue weighted by Gasteiger charge is 2.24. The first-order valence-corrected chi connectivity index (χ1v) is 10.1. The number of hydrogen-bond acceptors (Lipinski definition) is 7. The fourth-order valence-corrected chi connectivity index (χ4v) is 3.63. The van der Waals surface area contributed by atoms with E-state index in [0.717, 1.165) is 0 Å². The van der Waals surface area contributed by atoms with Gasteiger partial charge < -0.3 is 9.57 Å². The predicted octanol–water partition coefficient (Wildman–Crippen LogP) is 4.87. The molecule has 2 aromatic heterocycles. The lowest BCUT2D eigenvalue weighted by atomic mass is 10.1. The second-order valence-electron chi connectivity index (χ2n) is 7.35. The molecule has 0 aliphatic carbocycles. The summed E-state index contributed by atoms with van der Waals surface area (Å²) >= 11 is 1.24. The molecule has 0 radical (unpaired) electrons. The van der Waals surface area contributed by atoms with Crippen LogP contribution in [0.3, 0.4) is 0 Å². The first kappa shape index (κ1) is 20.7. The average molecular weight is 413 g/mol. The molecule has 29 heavy (non-hydrogen) atoms. The number of para-hydroxylation sites is 1. The number of carbonyl (C=O) groups excluding carboxylic acids is 2. The molecular weight excluding hydrogens is 390 g/mol. The number of ketones is 1. The Hall–Kier alpha value is -3.00. The Morgan fingerprint density at radius 2 is 1.97 bits per heavy atom. The highest BCUT2D eigenvalue weighted by atomic mass is 32.1. The molecule has 0 saturated heterocycles. The van der Waals surface area contributed by atoms with E-state index in [9.17, 15) is 9.59 Å². The van der Waals surface area contributed by atoms with Crippen molar-refractivity contribution in [3.63, 3.8) is 0 Å². The minimum atomic E-state index is -0.645. The van der Waals surface area contributed by atoms with Gasteiger partial charge >= 0.3 is 6.09 Å². The van der Waals surface area contributed by atoms with Crippen molar-refractivity contribution in [2.75, 3.05) is 7.11 Å². The maximum Gasteiger partial charge on any atom is 0.419 e. The van der Waals surface area contributed by atoms with Gasteiger partial charge in [-0.3, -0.25) is 9.36 Å². The monoisotopic (exact) mass is 413 g/mol. The molecule has 0 spiro atoms. The maximum atomic E-state index is 13.2. The van der Waals surface area contributed by atoms with Gasteiger partial charge in [0, 0.05) is 17.0 Å². The minimum absolute atomic E-state index is 0.257. The van der Waals surface area contributed by atoms with Crippen LogP contribution in [0.1, 0.15) is 55.2 Å². The van der Waals surface area contributed by atoms with Crippen molar-refractivity contribution in [2.24, 2.45) is 5.16 Å². The van der Waals surface area contributed by atoms with Crippen molar-refractivity contribution in [1.82, 2.24) is 9.55 Å². The zero-order chi connectivity index (χ0) is 21.2. The minimum Gasteiger partial charge on any atom is -0.443 e. The molecule has 7 nitrogen and oxygen atoms in total. The van der Waals surface area contributed by atoms with Crippen LogP contribution in [0.15, 0.2) is 41.0 Å². The lowest BCUT2D eigenvalue weighted by molar-refractivity contribution is 0.0544. The molecule has 8 heteroatoms. The highest BCUT2D eigenvalue weighted by molar-refractivity contribution is 7.12. The molecule has 0 N–H and O–H groups in total. The number of aromatic nitrogens is 2. The van der Waals surface area contributed by atoms with Gasteiger partial charge in [-0.25, -0.2) is 9.78 Å². The SMILES string of the molecule is CC/C(=N\OC)c1csc(C(=O)c2cn(C(=O)OC(C)(C)C)c3ccccc23)n1. The van der Waals surface area contributed by atoms with Crippen molar-refractivity contribution < 1.29 is 19.2 Å². The summed E-state index contributed by atoms with van der Waals surface area (Å²) in [4.78, 5) is 35.1. The Bertz CT molecular complexity index is 1090. The van der Waals surface area contributed by atoms with Gasteiger partial charge in [-0.15, -0.1) is 11.3 Å². The van der Waals surface area contributed by atoms with Gasteiger partial charge in [0.05, 0.1) is 16.8 Å². The Morgan fingerprint density at radius 1 is 1.24 bits per heavy atom. The van der Waals surface area contributed by atoms with Gasteiger partial charge in [0.25, 0.3) is 0 Å². The van der Waals surface area contributed by atoms with Crippen LogP contribution in [-0.2, 0) is 9.57 Å². The van der Waals surface area contributed by atoms with Gasteiger partial charge in [-0.1, -0.05) is 30.3 Å². The highest BCUT2D eigenvalue weighted by Crippen LogP contribution is 2.26. The summed E-state index contributed by atoms with van der Waals surface area (Å²) in [6.07, 6.45) is 1.61. The molecule has 0 bridgehead atoms. The lowest BCUT2D eigenvalue weighted by Crippen LogP contribution is -2.26. The number of carbonyl (C=O) groups is 2. The maximum absolute atomic E-state index is 13.2.